The number of hydrogen-bond acceptors (Lipinski definition) is 2. The van der Waals surface area contributed by atoms with Gasteiger partial charge < -0.3 is 10.2 Å². The van der Waals surface area contributed by atoms with Crippen LogP contribution in [0.3, 0.4) is 0 Å². The van der Waals surface area contributed by atoms with Gasteiger partial charge in [-0.05, 0) is 24.3 Å². The van der Waals surface area contributed by atoms with E-state index in [2.05, 4.69) is 5.32 Å². The van der Waals surface area contributed by atoms with Crippen molar-refractivity contribution in [1.82, 2.24) is 5.32 Å². The van der Waals surface area contributed by atoms with Gasteiger partial charge in [-0.15, -0.1) is 0 Å². The Bertz CT molecular complexity index is 751. The number of anilines is 1. The summed E-state index contributed by atoms with van der Waals surface area (Å²) in [5.74, 6) is -5.34. The molecule has 0 radical (unpaired) electrons. The lowest BCUT2D eigenvalue weighted by Crippen LogP contribution is -2.38. The zero-order chi connectivity index (χ0) is 17.7. The number of carbonyl (C=O) groups excluding carboxylic acids is 2. The number of nitrogens with zero attached hydrogens (tertiary/aromatic N) is 1. The molecule has 7 heteroatoms. The molecule has 0 aliphatic carbocycles. The Kier molecular flexibility index (Phi) is 5.57. The van der Waals surface area contributed by atoms with E-state index in [1.807, 2.05) is 0 Å². The van der Waals surface area contributed by atoms with Crippen LogP contribution in [0.15, 0.2) is 42.5 Å². The quantitative estimate of drug-likeness (QED) is 0.854. The maximum absolute atomic E-state index is 13.8. The number of hydrogen-bond donors (Lipinski definition) is 1. The van der Waals surface area contributed by atoms with E-state index >= 15 is 0 Å². The normalized spacial score (nSPS) is 10.3. The van der Waals surface area contributed by atoms with E-state index in [0.29, 0.717) is 5.56 Å². The van der Waals surface area contributed by atoms with E-state index in [-0.39, 0.29) is 24.7 Å². The molecule has 0 aliphatic heterocycles. The molecule has 4 nitrogen and oxygen atoms in total. The minimum atomic E-state index is -1.65. The highest BCUT2D eigenvalue weighted by Crippen LogP contribution is 2.23. The molecule has 0 saturated heterocycles. The first-order chi connectivity index (χ1) is 11.4. The lowest BCUT2D eigenvalue weighted by Gasteiger charge is -2.22. The molecular formula is C17H15F3N2O2. The van der Waals surface area contributed by atoms with Gasteiger partial charge in [0.2, 0.25) is 5.91 Å². The van der Waals surface area contributed by atoms with E-state index in [0.717, 1.165) is 17.0 Å². The zero-order valence-corrected chi connectivity index (χ0v) is 12.9. The number of halogens is 3. The van der Waals surface area contributed by atoms with Crippen LogP contribution in [-0.4, -0.2) is 24.9 Å². The highest BCUT2D eigenvalue weighted by Gasteiger charge is 2.21. The number of nitrogens with one attached hydrogen (secondary N) is 1. The van der Waals surface area contributed by atoms with Gasteiger partial charge in [0, 0.05) is 25.6 Å². The first-order valence-electron chi connectivity index (χ1n) is 7.16. The maximum atomic E-state index is 13.8. The van der Waals surface area contributed by atoms with E-state index in [4.69, 9.17) is 0 Å². The van der Waals surface area contributed by atoms with Crippen LogP contribution in [0, 0.1) is 17.5 Å². The minimum absolute atomic E-state index is 0.0196. The van der Waals surface area contributed by atoms with Crippen LogP contribution in [0.1, 0.15) is 17.3 Å². The maximum Gasteiger partial charge on any atom is 0.251 e. The molecule has 2 amide bonds. The van der Waals surface area contributed by atoms with Crippen molar-refractivity contribution in [2.75, 3.05) is 18.0 Å². The largest absolute Gasteiger partial charge is 0.350 e. The first kappa shape index (κ1) is 17.5. The third kappa shape index (κ3) is 3.92. The number of benzene rings is 2. The second kappa shape index (κ2) is 7.63. The lowest BCUT2D eigenvalue weighted by atomic mass is 10.2. The standard InChI is InChI=1S/C17H15F3N2O2/c1-11(23)22(14-8-7-13(18)15(19)16(14)20)10-9-21-17(24)12-5-3-2-4-6-12/h2-8H,9-10H2,1H3,(H,21,24). The highest BCUT2D eigenvalue weighted by molar-refractivity contribution is 5.94. The van der Waals surface area contributed by atoms with Crippen LogP contribution in [0.2, 0.25) is 0 Å². The molecule has 2 rings (SSSR count). The Balaban J connectivity index is 2.06. The summed E-state index contributed by atoms with van der Waals surface area (Å²) in [5, 5.41) is 2.58. The minimum Gasteiger partial charge on any atom is -0.350 e. The molecule has 2 aromatic rings. The summed E-state index contributed by atoms with van der Waals surface area (Å²) >= 11 is 0. The van der Waals surface area contributed by atoms with Crippen molar-refractivity contribution in [3.8, 4) is 0 Å². The monoisotopic (exact) mass is 336 g/mol. The smallest absolute Gasteiger partial charge is 0.251 e. The fraction of sp³-hybridized carbons (Fsp3) is 0.176. The van der Waals surface area contributed by atoms with Crippen molar-refractivity contribution in [3.63, 3.8) is 0 Å². The van der Waals surface area contributed by atoms with E-state index < -0.39 is 23.4 Å². The molecule has 126 valence electrons. The van der Waals surface area contributed by atoms with E-state index in [1.165, 1.54) is 6.92 Å². The molecule has 2 aromatic carbocycles. The molecule has 0 fully saturated rings. The Morgan fingerprint density at radius 1 is 1.00 bits per heavy atom. The lowest BCUT2D eigenvalue weighted by molar-refractivity contribution is -0.116. The van der Waals surface area contributed by atoms with Crippen molar-refractivity contribution in [2.45, 2.75) is 6.92 Å². The predicted octanol–water partition coefficient (Wildman–Crippen LogP) is 2.89. The van der Waals surface area contributed by atoms with Gasteiger partial charge in [-0.1, -0.05) is 18.2 Å². The molecule has 0 spiro atoms. The van der Waals surface area contributed by atoms with Crippen LogP contribution < -0.4 is 10.2 Å². The fourth-order valence-corrected chi connectivity index (χ4v) is 2.14. The molecule has 0 atom stereocenters. The number of carbonyl (C=O) groups is 2. The summed E-state index contributed by atoms with van der Waals surface area (Å²) in [4.78, 5) is 24.5. The van der Waals surface area contributed by atoms with Crippen LogP contribution in [-0.2, 0) is 4.79 Å². The third-order valence-corrected chi connectivity index (χ3v) is 3.34. The van der Waals surface area contributed by atoms with Crippen molar-refractivity contribution < 1.29 is 22.8 Å². The van der Waals surface area contributed by atoms with Crippen LogP contribution >= 0.6 is 0 Å². The summed E-state index contributed by atoms with van der Waals surface area (Å²) in [7, 11) is 0. The summed E-state index contributed by atoms with van der Waals surface area (Å²) in [5.41, 5.74) is 0.0567. The molecule has 0 aromatic heterocycles. The molecular weight excluding hydrogens is 321 g/mol. The summed E-state index contributed by atoms with van der Waals surface area (Å²) in [6, 6.07) is 10.1. The average Bonchev–Trinajstić information content (AvgIpc) is 2.58. The SMILES string of the molecule is CC(=O)N(CCNC(=O)c1ccccc1)c1ccc(F)c(F)c1F. The molecule has 0 heterocycles. The second-order valence-electron chi connectivity index (χ2n) is 4.99. The molecule has 0 bridgehead atoms. The van der Waals surface area contributed by atoms with Crippen LogP contribution in [0.4, 0.5) is 18.9 Å². The second-order valence-corrected chi connectivity index (χ2v) is 4.99. The summed E-state index contributed by atoms with van der Waals surface area (Å²) in [6.07, 6.45) is 0. The Hall–Kier alpha value is -2.83. The van der Waals surface area contributed by atoms with Gasteiger partial charge in [0.1, 0.15) is 0 Å². The van der Waals surface area contributed by atoms with Crippen molar-refractivity contribution in [2.24, 2.45) is 0 Å². The first-order valence-corrected chi connectivity index (χ1v) is 7.16. The van der Waals surface area contributed by atoms with E-state index in [1.54, 1.807) is 30.3 Å². The van der Waals surface area contributed by atoms with E-state index in [9.17, 15) is 22.8 Å². The average molecular weight is 336 g/mol. The molecule has 24 heavy (non-hydrogen) atoms. The van der Waals surface area contributed by atoms with Gasteiger partial charge in [0.05, 0.1) is 5.69 Å². The highest BCUT2D eigenvalue weighted by atomic mass is 19.2. The number of rotatable bonds is 5. The molecule has 0 saturated carbocycles. The van der Waals surface area contributed by atoms with Crippen LogP contribution in [0.25, 0.3) is 0 Å². The topological polar surface area (TPSA) is 49.4 Å². The van der Waals surface area contributed by atoms with Gasteiger partial charge in [-0.25, -0.2) is 13.2 Å². The predicted molar refractivity (Wildman–Crippen MR) is 83.1 cm³/mol. The number of amides is 2. The van der Waals surface area contributed by atoms with Gasteiger partial charge in [0.25, 0.3) is 5.91 Å². The fourth-order valence-electron chi connectivity index (χ4n) is 2.14. The Morgan fingerprint density at radius 2 is 1.67 bits per heavy atom. The third-order valence-electron chi connectivity index (χ3n) is 3.34. The van der Waals surface area contributed by atoms with Crippen LogP contribution in [0.5, 0.6) is 0 Å². The zero-order valence-electron chi connectivity index (χ0n) is 12.9. The van der Waals surface area contributed by atoms with Gasteiger partial charge in [-0.3, -0.25) is 9.59 Å². The van der Waals surface area contributed by atoms with Crippen molar-refractivity contribution >= 4 is 17.5 Å². The summed E-state index contributed by atoms with van der Waals surface area (Å²) < 4.78 is 40.2. The van der Waals surface area contributed by atoms with Gasteiger partial charge >= 0.3 is 0 Å². The Morgan fingerprint density at radius 3 is 2.29 bits per heavy atom. The molecule has 1 N–H and O–H groups in total. The summed E-state index contributed by atoms with van der Waals surface area (Å²) in [6.45, 7) is 1.10. The van der Waals surface area contributed by atoms with Gasteiger partial charge in [0.15, 0.2) is 17.5 Å². The van der Waals surface area contributed by atoms with Gasteiger partial charge in [-0.2, -0.15) is 0 Å². The molecule has 0 aliphatic rings. The van der Waals surface area contributed by atoms with Crippen molar-refractivity contribution in [3.05, 3.63) is 65.5 Å². The van der Waals surface area contributed by atoms with Crippen molar-refractivity contribution in [1.29, 1.82) is 0 Å². The Labute approximate surface area is 136 Å². The molecule has 0 unspecified atom stereocenters.